The van der Waals surface area contributed by atoms with Crippen LogP contribution in [0.4, 0.5) is 0 Å². The lowest BCUT2D eigenvalue weighted by Crippen LogP contribution is -2.48. The van der Waals surface area contributed by atoms with Crippen LogP contribution in [-0.2, 0) is 13.0 Å². The zero-order chi connectivity index (χ0) is 13.0. The minimum absolute atomic E-state index is 0.690. The summed E-state index contributed by atoms with van der Waals surface area (Å²) in [5.74, 6) is 0. The molecule has 0 saturated carbocycles. The average molecular weight is 246 g/mol. The monoisotopic (exact) mass is 246 g/mol. The molecule has 1 aromatic rings. The summed E-state index contributed by atoms with van der Waals surface area (Å²) in [6.07, 6.45) is 1.13. The van der Waals surface area contributed by atoms with Gasteiger partial charge in [-0.25, -0.2) is 0 Å². The van der Waals surface area contributed by atoms with Gasteiger partial charge in [0.15, 0.2) is 0 Å². The highest BCUT2D eigenvalue weighted by Crippen LogP contribution is 2.12. The summed E-state index contributed by atoms with van der Waals surface area (Å²) < 4.78 is 0. The smallest absolute Gasteiger partial charge is 0.0234 e. The van der Waals surface area contributed by atoms with Gasteiger partial charge in [-0.1, -0.05) is 31.2 Å². The lowest BCUT2D eigenvalue weighted by molar-refractivity contribution is 0.104. The maximum absolute atomic E-state index is 2.58. The number of rotatable bonds is 4. The highest BCUT2D eigenvalue weighted by molar-refractivity contribution is 5.23. The molecule has 1 aliphatic heterocycles. The SMILES string of the molecule is CCc1cccc(CN2CCN(C(C)C)CC2)c1. The molecule has 0 radical (unpaired) electrons. The second-order valence-corrected chi connectivity index (χ2v) is 5.58. The fraction of sp³-hybridized carbons (Fsp3) is 0.625. The van der Waals surface area contributed by atoms with Crippen LogP contribution in [0.3, 0.4) is 0 Å². The van der Waals surface area contributed by atoms with Gasteiger partial charge in [0.1, 0.15) is 0 Å². The van der Waals surface area contributed by atoms with Crippen molar-refractivity contribution in [2.45, 2.75) is 39.8 Å². The third-order valence-corrected chi connectivity index (χ3v) is 3.94. The van der Waals surface area contributed by atoms with Crippen molar-refractivity contribution in [2.24, 2.45) is 0 Å². The van der Waals surface area contributed by atoms with Gasteiger partial charge in [-0.2, -0.15) is 0 Å². The molecule has 1 saturated heterocycles. The first kappa shape index (κ1) is 13.6. The topological polar surface area (TPSA) is 6.48 Å². The summed E-state index contributed by atoms with van der Waals surface area (Å²) in [5.41, 5.74) is 2.92. The zero-order valence-electron chi connectivity index (χ0n) is 12.0. The van der Waals surface area contributed by atoms with Gasteiger partial charge in [-0.05, 0) is 31.4 Å². The van der Waals surface area contributed by atoms with E-state index in [-0.39, 0.29) is 0 Å². The lowest BCUT2D eigenvalue weighted by atomic mass is 10.1. The Labute approximate surface area is 112 Å². The summed E-state index contributed by atoms with van der Waals surface area (Å²) in [6.45, 7) is 12.8. The molecule has 0 aliphatic carbocycles. The lowest BCUT2D eigenvalue weighted by Gasteiger charge is -2.37. The molecule has 0 atom stereocenters. The maximum atomic E-state index is 2.58. The average Bonchev–Trinajstić information content (AvgIpc) is 2.39. The molecule has 18 heavy (non-hydrogen) atoms. The second-order valence-electron chi connectivity index (χ2n) is 5.58. The third-order valence-electron chi connectivity index (χ3n) is 3.94. The van der Waals surface area contributed by atoms with E-state index in [9.17, 15) is 0 Å². The summed E-state index contributed by atoms with van der Waals surface area (Å²) in [6, 6.07) is 9.72. The van der Waals surface area contributed by atoms with E-state index >= 15 is 0 Å². The van der Waals surface area contributed by atoms with Crippen molar-refractivity contribution in [3.63, 3.8) is 0 Å². The fourth-order valence-electron chi connectivity index (χ4n) is 2.64. The molecule has 0 amide bonds. The van der Waals surface area contributed by atoms with Crippen LogP contribution in [-0.4, -0.2) is 42.0 Å². The fourth-order valence-corrected chi connectivity index (χ4v) is 2.64. The predicted octanol–water partition coefficient (Wildman–Crippen LogP) is 2.78. The molecule has 0 N–H and O–H groups in total. The number of benzene rings is 1. The van der Waals surface area contributed by atoms with E-state index in [1.807, 2.05) is 0 Å². The van der Waals surface area contributed by atoms with Crippen LogP contribution in [0.5, 0.6) is 0 Å². The molecule has 1 fully saturated rings. The Balaban J connectivity index is 1.87. The van der Waals surface area contributed by atoms with E-state index in [1.54, 1.807) is 0 Å². The predicted molar refractivity (Wildman–Crippen MR) is 77.8 cm³/mol. The van der Waals surface area contributed by atoms with Crippen molar-refractivity contribution >= 4 is 0 Å². The summed E-state index contributed by atoms with van der Waals surface area (Å²) in [4.78, 5) is 5.15. The van der Waals surface area contributed by atoms with Gasteiger partial charge in [0.05, 0.1) is 0 Å². The highest BCUT2D eigenvalue weighted by Gasteiger charge is 2.18. The van der Waals surface area contributed by atoms with E-state index in [0.717, 1.165) is 13.0 Å². The van der Waals surface area contributed by atoms with Crippen molar-refractivity contribution in [3.05, 3.63) is 35.4 Å². The van der Waals surface area contributed by atoms with Crippen LogP contribution in [0, 0.1) is 0 Å². The minimum Gasteiger partial charge on any atom is -0.298 e. The highest BCUT2D eigenvalue weighted by atomic mass is 15.3. The molecule has 1 aromatic carbocycles. The molecule has 1 aliphatic rings. The molecule has 0 bridgehead atoms. The third kappa shape index (κ3) is 3.56. The second kappa shape index (κ2) is 6.35. The van der Waals surface area contributed by atoms with Crippen LogP contribution in [0.1, 0.15) is 31.9 Å². The number of aryl methyl sites for hydroxylation is 1. The van der Waals surface area contributed by atoms with E-state index in [4.69, 9.17) is 0 Å². The van der Waals surface area contributed by atoms with Gasteiger partial charge < -0.3 is 0 Å². The van der Waals surface area contributed by atoms with Gasteiger partial charge in [0, 0.05) is 38.8 Å². The van der Waals surface area contributed by atoms with Gasteiger partial charge in [0.2, 0.25) is 0 Å². The molecule has 2 heteroatoms. The van der Waals surface area contributed by atoms with E-state index in [1.165, 1.54) is 37.3 Å². The number of hydrogen-bond acceptors (Lipinski definition) is 2. The van der Waals surface area contributed by atoms with Crippen molar-refractivity contribution in [2.75, 3.05) is 26.2 Å². The molecule has 100 valence electrons. The van der Waals surface area contributed by atoms with Crippen molar-refractivity contribution < 1.29 is 0 Å². The first-order valence-electron chi connectivity index (χ1n) is 7.23. The minimum atomic E-state index is 0.690. The molecule has 2 nitrogen and oxygen atoms in total. The Kier molecular flexibility index (Phi) is 4.79. The van der Waals surface area contributed by atoms with E-state index in [0.29, 0.717) is 6.04 Å². The van der Waals surface area contributed by atoms with E-state index < -0.39 is 0 Å². The van der Waals surface area contributed by atoms with Crippen LogP contribution in [0.25, 0.3) is 0 Å². The van der Waals surface area contributed by atoms with Crippen molar-refractivity contribution in [1.82, 2.24) is 9.80 Å². The van der Waals surface area contributed by atoms with Crippen molar-refractivity contribution in [1.29, 1.82) is 0 Å². The number of nitrogens with zero attached hydrogens (tertiary/aromatic N) is 2. The maximum Gasteiger partial charge on any atom is 0.0234 e. The number of piperazine rings is 1. The Morgan fingerprint density at radius 2 is 1.72 bits per heavy atom. The van der Waals surface area contributed by atoms with Crippen LogP contribution >= 0.6 is 0 Å². The van der Waals surface area contributed by atoms with Gasteiger partial charge in [-0.3, -0.25) is 9.80 Å². The van der Waals surface area contributed by atoms with Gasteiger partial charge >= 0.3 is 0 Å². The van der Waals surface area contributed by atoms with E-state index in [2.05, 4.69) is 54.8 Å². The molecule has 1 heterocycles. The molecular formula is C16H26N2. The molecule has 2 rings (SSSR count). The number of hydrogen-bond donors (Lipinski definition) is 0. The zero-order valence-corrected chi connectivity index (χ0v) is 12.0. The summed E-state index contributed by atoms with van der Waals surface area (Å²) in [5, 5.41) is 0. The summed E-state index contributed by atoms with van der Waals surface area (Å²) >= 11 is 0. The Bertz CT molecular complexity index is 365. The molecule has 0 unspecified atom stereocenters. The van der Waals surface area contributed by atoms with Crippen LogP contribution < -0.4 is 0 Å². The van der Waals surface area contributed by atoms with Crippen LogP contribution in [0.2, 0.25) is 0 Å². The molecular weight excluding hydrogens is 220 g/mol. The normalized spacial score (nSPS) is 18.4. The first-order valence-corrected chi connectivity index (χ1v) is 7.23. The first-order chi connectivity index (χ1) is 8.69. The molecule has 0 aromatic heterocycles. The Morgan fingerprint density at radius 1 is 1.06 bits per heavy atom. The summed E-state index contributed by atoms with van der Waals surface area (Å²) in [7, 11) is 0. The Hall–Kier alpha value is -0.860. The quantitative estimate of drug-likeness (QED) is 0.806. The standard InChI is InChI=1S/C16H26N2/c1-4-15-6-5-7-16(12-15)13-17-8-10-18(11-9-17)14(2)3/h5-7,12,14H,4,8-11,13H2,1-3H3. The van der Waals surface area contributed by atoms with Gasteiger partial charge in [-0.15, -0.1) is 0 Å². The van der Waals surface area contributed by atoms with Gasteiger partial charge in [0.25, 0.3) is 0 Å². The molecule has 0 spiro atoms. The van der Waals surface area contributed by atoms with Crippen LogP contribution in [0.15, 0.2) is 24.3 Å². The largest absolute Gasteiger partial charge is 0.298 e. The Morgan fingerprint density at radius 3 is 2.33 bits per heavy atom. The van der Waals surface area contributed by atoms with Crippen molar-refractivity contribution in [3.8, 4) is 0 Å².